The third-order valence-electron chi connectivity index (χ3n) is 6.09. The zero-order valence-corrected chi connectivity index (χ0v) is 18.8. The number of aromatic hydroxyl groups is 2. The number of benzene rings is 1. The molecule has 33 heavy (non-hydrogen) atoms. The number of aryl methyl sites for hydroxylation is 1. The first kappa shape index (κ1) is 23.2. The minimum absolute atomic E-state index is 0.0314. The van der Waals surface area contributed by atoms with Crippen LogP contribution >= 0.6 is 11.3 Å². The van der Waals surface area contributed by atoms with Gasteiger partial charge in [0.1, 0.15) is 34.3 Å². The smallest absolute Gasteiger partial charge is 0.324 e. The highest BCUT2D eigenvalue weighted by Gasteiger charge is 2.34. The van der Waals surface area contributed by atoms with Crippen molar-refractivity contribution in [2.24, 2.45) is 0 Å². The van der Waals surface area contributed by atoms with E-state index in [1.807, 2.05) is 11.9 Å². The van der Waals surface area contributed by atoms with Gasteiger partial charge in [0.2, 0.25) is 5.43 Å². The Morgan fingerprint density at radius 3 is 2.67 bits per heavy atom. The van der Waals surface area contributed by atoms with Crippen molar-refractivity contribution in [1.82, 2.24) is 4.90 Å². The second kappa shape index (κ2) is 8.75. The summed E-state index contributed by atoms with van der Waals surface area (Å²) in [6, 6.07) is 3.65. The van der Waals surface area contributed by atoms with Crippen molar-refractivity contribution in [2.75, 3.05) is 20.1 Å². The molecule has 1 saturated heterocycles. The van der Waals surface area contributed by atoms with Gasteiger partial charge in [0, 0.05) is 41.5 Å². The molecule has 11 heteroatoms. The van der Waals surface area contributed by atoms with E-state index in [1.54, 1.807) is 6.92 Å². The van der Waals surface area contributed by atoms with Gasteiger partial charge in [-0.25, -0.2) is 0 Å². The summed E-state index contributed by atoms with van der Waals surface area (Å²) in [5, 5.41) is 53.4. The zero-order chi connectivity index (χ0) is 24.0. The van der Waals surface area contributed by atoms with E-state index in [9.17, 15) is 35.3 Å². The topological polar surface area (TPSA) is 158 Å². The highest BCUT2D eigenvalue weighted by Crippen LogP contribution is 2.43. The van der Waals surface area contributed by atoms with Crippen LogP contribution in [0.25, 0.3) is 11.0 Å². The predicted octanol–water partition coefficient (Wildman–Crippen LogP) is 2.60. The molecular formula is C22H24N2O8S. The molecule has 3 atom stereocenters. The largest absolute Gasteiger partial charge is 0.507 e. The van der Waals surface area contributed by atoms with Gasteiger partial charge in [-0.05, 0) is 26.1 Å². The summed E-state index contributed by atoms with van der Waals surface area (Å²) in [4.78, 5) is 26.1. The van der Waals surface area contributed by atoms with Crippen LogP contribution < -0.4 is 5.43 Å². The van der Waals surface area contributed by atoms with Crippen LogP contribution in [0.1, 0.15) is 47.1 Å². The van der Waals surface area contributed by atoms with Gasteiger partial charge < -0.3 is 29.7 Å². The minimum atomic E-state index is -1.50. The number of β-amino-alcohol motifs (C(OH)–C–C–N with tert-alkyl or cyclic N) is 1. The minimum Gasteiger partial charge on any atom is -0.507 e. The van der Waals surface area contributed by atoms with Crippen LogP contribution in [-0.4, -0.2) is 56.5 Å². The number of thiophene rings is 1. The maximum atomic E-state index is 13.5. The summed E-state index contributed by atoms with van der Waals surface area (Å²) in [6.45, 7) is 2.73. The van der Waals surface area contributed by atoms with Crippen molar-refractivity contribution in [2.45, 2.75) is 37.9 Å². The number of phenolic OH excluding ortho intramolecular Hbond substituents is 2. The highest BCUT2D eigenvalue weighted by molar-refractivity contribution is 7.15. The lowest BCUT2D eigenvalue weighted by atomic mass is 9.85. The zero-order valence-electron chi connectivity index (χ0n) is 18.0. The monoisotopic (exact) mass is 476 g/mol. The first-order chi connectivity index (χ1) is 15.6. The molecule has 0 saturated carbocycles. The van der Waals surface area contributed by atoms with E-state index < -0.39 is 34.2 Å². The number of piperidine rings is 1. The number of nitrogens with zero attached hydrogens (tertiary/aromatic N) is 2. The Morgan fingerprint density at radius 1 is 1.33 bits per heavy atom. The van der Waals surface area contributed by atoms with E-state index in [1.165, 1.54) is 12.1 Å². The lowest BCUT2D eigenvalue weighted by Crippen LogP contribution is -2.40. The first-order valence-electron chi connectivity index (χ1n) is 10.5. The molecule has 3 heterocycles. The number of likely N-dealkylation sites (tertiary alicyclic amines) is 1. The van der Waals surface area contributed by atoms with Gasteiger partial charge in [-0.3, -0.25) is 14.9 Å². The van der Waals surface area contributed by atoms with Crippen molar-refractivity contribution in [3.05, 3.63) is 60.3 Å². The van der Waals surface area contributed by atoms with Crippen molar-refractivity contribution < 1.29 is 29.8 Å². The Hall–Kier alpha value is -2.99. The highest BCUT2D eigenvalue weighted by atomic mass is 32.1. The van der Waals surface area contributed by atoms with Crippen LogP contribution in [0.5, 0.6) is 11.5 Å². The average Bonchev–Trinajstić information content (AvgIpc) is 3.24. The summed E-state index contributed by atoms with van der Waals surface area (Å²) >= 11 is 0.740. The van der Waals surface area contributed by atoms with Gasteiger partial charge in [0.05, 0.1) is 16.6 Å². The van der Waals surface area contributed by atoms with E-state index in [2.05, 4.69) is 0 Å². The number of aliphatic hydroxyl groups is 2. The molecule has 1 fully saturated rings. The van der Waals surface area contributed by atoms with Crippen LogP contribution in [0, 0.1) is 10.1 Å². The van der Waals surface area contributed by atoms with E-state index in [0.29, 0.717) is 19.5 Å². The quantitative estimate of drug-likeness (QED) is 0.321. The van der Waals surface area contributed by atoms with Crippen molar-refractivity contribution in [3.8, 4) is 11.5 Å². The fourth-order valence-corrected chi connectivity index (χ4v) is 5.28. The fraction of sp³-hybridized carbons (Fsp3) is 0.409. The van der Waals surface area contributed by atoms with E-state index in [4.69, 9.17) is 4.42 Å². The molecule has 1 aromatic carbocycles. The summed E-state index contributed by atoms with van der Waals surface area (Å²) in [5.74, 6) is -1.20. The number of hydrogen-bond acceptors (Lipinski definition) is 10. The molecule has 1 aliphatic rings. The molecule has 0 spiro atoms. The molecule has 0 amide bonds. The van der Waals surface area contributed by atoms with Crippen molar-refractivity contribution >= 4 is 27.3 Å². The number of likely N-dealkylation sites (N-methyl/N-ethyl adjacent to an activating group) is 1. The molecule has 1 aliphatic heterocycles. The predicted molar refractivity (Wildman–Crippen MR) is 121 cm³/mol. The summed E-state index contributed by atoms with van der Waals surface area (Å²) < 4.78 is 6.01. The van der Waals surface area contributed by atoms with Gasteiger partial charge in [-0.15, -0.1) is 0 Å². The van der Waals surface area contributed by atoms with E-state index in [-0.39, 0.29) is 49.9 Å². The molecule has 0 radical (unpaired) electrons. The van der Waals surface area contributed by atoms with E-state index in [0.717, 1.165) is 17.4 Å². The lowest BCUT2D eigenvalue weighted by Gasteiger charge is -2.34. The molecular weight excluding hydrogens is 452 g/mol. The Bertz CT molecular complexity index is 1280. The third-order valence-corrected chi connectivity index (χ3v) is 7.18. The SMILES string of the molecule is CCc1oc2c(C3CCN(C)CC3O)c(O)cc(O)c2c(=O)c1C(O)c1ccc([N+](=O)[O-])s1. The van der Waals surface area contributed by atoms with Crippen molar-refractivity contribution in [1.29, 1.82) is 0 Å². The maximum absolute atomic E-state index is 13.5. The second-order valence-corrected chi connectivity index (χ2v) is 9.31. The molecule has 4 rings (SSSR count). The van der Waals surface area contributed by atoms with Crippen LogP contribution in [0.15, 0.2) is 27.4 Å². The summed E-state index contributed by atoms with van der Waals surface area (Å²) in [5.41, 5.74) is -0.616. The standard InChI is InChI=1S/C22H24N2O8S/c1-3-14-19(20(28)15-4-5-16(33-15)24(30)31)21(29)18-12(26)8-11(25)17(22(18)32-14)10-6-7-23(2)9-13(10)27/h4-5,8,10,13,20,25-28H,3,6-7,9H2,1-2H3. The lowest BCUT2D eigenvalue weighted by molar-refractivity contribution is -0.380. The molecule has 10 nitrogen and oxygen atoms in total. The first-order valence-corrected chi connectivity index (χ1v) is 11.3. The van der Waals surface area contributed by atoms with Crippen LogP contribution in [-0.2, 0) is 6.42 Å². The van der Waals surface area contributed by atoms with Crippen LogP contribution in [0.3, 0.4) is 0 Å². The fourth-order valence-electron chi connectivity index (χ4n) is 4.47. The Balaban J connectivity index is 1.94. The molecule has 2 aromatic heterocycles. The van der Waals surface area contributed by atoms with Crippen LogP contribution in [0.2, 0.25) is 0 Å². The maximum Gasteiger partial charge on any atom is 0.324 e. The number of hydrogen-bond donors (Lipinski definition) is 4. The van der Waals surface area contributed by atoms with Crippen LogP contribution in [0.4, 0.5) is 5.00 Å². The number of rotatable bonds is 5. The number of fused-ring (bicyclic) bond motifs is 1. The molecule has 0 bridgehead atoms. The molecule has 3 unspecified atom stereocenters. The molecule has 3 aromatic rings. The number of aliphatic hydroxyl groups excluding tert-OH is 2. The Labute approximate surface area is 192 Å². The van der Waals surface area contributed by atoms with Gasteiger partial charge in [0.25, 0.3) is 0 Å². The normalized spacial score (nSPS) is 20.2. The summed E-state index contributed by atoms with van der Waals surface area (Å²) in [6.07, 6.45) is -1.62. The van der Waals surface area contributed by atoms with Crippen molar-refractivity contribution in [3.63, 3.8) is 0 Å². The van der Waals surface area contributed by atoms with Gasteiger partial charge >= 0.3 is 5.00 Å². The molecule has 0 aliphatic carbocycles. The summed E-state index contributed by atoms with van der Waals surface area (Å²) in [7, 11) is 1.87. The Kier molecular flexibility index (Phi) is 6.14. The average molecular weight is 477 g/mol. The van der Waals surface area contributed by atoms with Gasteiger partial charge in [0.15, 0.2) is 0 Å². The Morgan fingerprint density at radius 2 is 2.06 bits per heavy atom. The van der Waals surface area contributed by atoms with E-state index >= 15 is 0 Å². The molecule has 4 N–H and O–H groups in total. The van der Waals surface area contributed by atoms with Gasteiger partial charge in [-0.1, -0.05) is 18.3 Å². The number of phenols is 2. The third kappa shape index (κ3) is 3.97. The number of nitro groups is 1. The second-order valence-electron chi connectivity index (χ2n) is 8.21. The van der Waals surface area contributed by atoms with Gasteiger partial charge in [-0.2, -0.15) is 0 Å². The molecule has 176 valence electrons.